The van der Waals surface area contributed by atoms with Gasteiger partial charge in [-0.15, -0.1) is 0 Å². The monoisotopic (exact) mass is 354 g/mol. The first-order valence-corrected chi connectivity index (χ1v) is 8.03. The molecule has 0 radical (unpaired) electrons. The fourth-order valence-corrected chi connectivity index (χ4v) is 3.33. The highest BCUT2D eigenvalue weighted by molar-refractivity contribution is 5.91. The van der Waals surface area contributed by atoms with Crippen molar-refractivity contribution >= 4 is 11.8 Å². The van der Waals surface area contributed by atoms with Gasteiger partial charge >= 0.3 is 12.1 Å². The minimum absolute atomic E-state index is 0.00713. The van der Waals surface area contributed by atoms with Gasteiger partial charge in [-0.2, -0.15) is 13.2 Å². The van der Waals surface area contributed by atoms with Gasteiger partial charge in [0.25, 0.3) is 0 Å². The highest BCUT2D eigenvalue weighted by atomic mass is 19.4. The van der Waals surface area contributed by atoms with Crippen LogP contribution in [0.2, 0.25) is 0 Å². The van der Waals surface area contributed by atoms with E-state index in [1.807, 2.05) is 0 Å². The van der Waals surface area contributed by atoms with Crippen molar-refractivity contribution in [2.45, 2.75) is 31.5 Å². The summed E-state index contributed by atoms with van der Waals surface area (Å²) in [6.45, 7) is -0.339. The molecule has 3 rings (SSSR count). The number of allylic oxidation sites excluding steroid dienone is 1. The van der Waals surface area contributed by atoms with E-state index in [-0.39, 0.29) is 42.0 Å². The van der Waals surface area contributed by atoms with Gasteiger partial charge in [0.05, 0.1) is 12.0 Å². The first kappa shape index (κ1) is 17.5. The van der Waals surface area contributed by atoms with Gasteiger partial charge in [0.2, 0.25) is 0 Å². The number of hydrogen-bond acceptors (Lipinski definition) is 4. The van der Waals surface area contributed by atoms with Crippen LogP contribution in [0.3, 0.4) is 0 Å². The van der Waals surface area contributed by atoms with Gasteiger partial charge in [0, 0.05) is 5.92 Å². The number of halogens is 3. The molecule has 0 bridgehead atoms. The summed E-state index contributed by atoms with van der Waals surface area (Å²) in [7, 11) is 0. The average molecular weight is 354 g/mol. The summed E-state index contributed by atoms with van der Waals surface area (Å²) in [5, 5.41) is 0. The topological polar surface area (TPSA) is 52.6 Å². The number of benzene rings is 1. The van der Waals surface area contributed by atoms with Crippen LogP contribution in [-0.4, -0.2) is 24.5 Å². The van der Waals surface area contributed by atoms with Crippen molar-refractivity contribution in [1.29, 1.82) is 0 Å². The number of carbonyl (C=O) groups excluding carboxylic acids is 2. The van der Waals surface area contributed by atoms with Crippen molar-refractivity contribution in [3.8, 4) is 5.75 Å². The Balaban J connectivity index is 1.52. The van der Waals surface area contributed by atoms with Crippen molar-refractivity contribution < 1.29 is 32.2 Å². The number of rotatable bonds is 5. The van der Waals surface area contributed by atoms with Crippen molar-refractivity contribution in [2.75, 3.05) is 6.61 Å². The molecule has 1 heterocycles. The Morgan fingerprint density at radius 2 is 2.12 bits per heavy atom. The Morgan fingerprint density at radius 1 is 1.32 bits per heavy atom. The molecule has 4 nitrogen and oxygen atoms in total. The normalized spacial score (nSPS) is 25.9. The summed E-state index contributed by atoms with van der Waals surface area (Å²) in [6, 6.07) is 4.40. The van der Waals surface area contributed by atoms with Gasteiger partial charge in [-0.3, -0.25) is 9.59 Å². The number of fused-ring (bicyclic) bond motifs is 1. The predicted molar refractivity (Wildman–Crippen MR) is 81.8 cm³/mol. The maximum Gasteiger partial charge on any atom is 0.416 e. The van der Waals surface area contributed by atoms with E-state index in [2.05, 4.69) is 0 Å². The highest BCUT2D eigenvalue weighted by Crippen LogP contribution is 2.41. The van der Waals surface area contributed by atoms with E-state index in [0.717, 1.165) is 25.0 Å². The summed E-state index contributed by atoms with van der Waals surface area (Å²) in [5.41, 5.74) is -0.823. The van der Waals surface area contributed by atoms with Crippen molar-refractivity contribution in [1.82, 2.24) is 0 Å². The van der Waals surface area contributed by atoms with E-state index in [0.29, 0.717) is 6.42 Å². The van der Waals surface area contributed by atoms with Gasteiger partial charge in [0.1, 0.15) is 11.9 Å². The minimum atomic E-state index is -4.46. The van der Waals surface area contributed by atoms with Crippen LogP contribution < -0.4 is 4.74 Å². The van der Waals surface area contributed by atoms with Crippen LogP contribution in [-0.2, 0) is 20.5 Å². The molecular weight excluding hydrogens is 337 g/mol. The summed E-state index contributed by atoms with van der Waals surface area (Å²) in [4.78, 5) is 23.2. The Kier molecular flexibility index (Phi) is 4.83. The second-order valence-corrected chi connectivity index (χ2v) is 6.28. The van der Waals surface area contributed by atoms with E-state index in [9.17, 15) is 22.8 Å². The molecule has 0 N–H and O–H groups in total. The van der Waals surface area contributed by atoms with Crippen LogP contribution in [0, 0.1) is 11.8 Å². The molecule has 1 aliphatic heterocycles. The number of alkyl halides is 3. The Labute approximate surface area is 142 Å². The molecule has 1 aliphatic carbocycles. The maximum absolute atomic E-state index is 12.6. The lowest BCUT2D eigenvalue weighted by Gasteiger charge is -2.11. The third-order valence-electron chi connectivity index (χ3n) is 4.57. The van der Waals surface area contributed by atoms with E-state index in [1.165, 1.54) is 18.2 Å². The zero-order valence-corrected chi connectivity index (χ0v) is 13.3. The molecule has 0 aromatic heterocycles. The average Bonchev–Trinajstić information content (AvgIpc) is 3.09. The Hall–Kier alpha value is -2.31. The van der Waals surface area contributed by atoms with Crippen LogP contribution in [0.25, 0.3) is 0 Å². The fourth-order valence-electron chi connectivity index (χ4n) is 3.33. The zero-order valence-electron chi connectivity index (χ0n) is 13.3. The quantitative estimate of drug-likeness (QED) is 0.599. The van der Waals surface area contributed by atoms with Crippen molar-refractivity contribution in [3.63, 3.8) is 0 Å². The largest absolute Gasteiger partial charge is 0.485 e. The lowest BCUT2D eigenvalue weighted by atomic mass is 9.93. The summed E-state index contributed by atoms with van der Waals surface area (Å²) in [6.07, 6.45) is 0.630. The van der Waals surface area contributed by atoms with Crippen LogP contribution >= 0.6 is 0 Å². The second-order valence-electron chi connectivity index (χ2n) is 6.28. The summed E-state index contributed by atoms with van der Waals surface area (Å²) >= 11 is 0. The molecule has 0 amide bonds. The molecular formula is C18H17F3O4. The first-order chi connectivity index (χ1) is 11.8. The standard InChI is InChI=1S/C18H17F3O4/c19-18(20,21)12-2-1-3-14(8-12)24-10-13(22)6-4-11-5-7-16-15(11)9-17(23)25-16/h1-4,6,8,11,15-16H,5,7,9-10H2/t11-,15+,16-/m0/s1. The van der Waals surface area contributed by atoms with Crippen LogP contribution in [0.4, 0.5) is 13.2 Å². The Morgan fingerprint density at radius 3 is 2.88 bits per heavy atom. The third kappa shape index (κ3) is 4.21. The van der Waals surface area contributed by atoms with Gasteiger partial charge < -0.3 is 9.47 Å². The summed E-state index contributed by atoms with van der Waals surface area (Å²) < 4.78 is 48.2. The van der Waals surface area contributed by atoms with E-state index >= 15 is 0 Å². The van der Waals surface area contributed by atoms with Crippen LogP contribution in [0.15, 0.2) is 36.4 Å². The smallest absolute Gasteiger partial charge is 0.416 e. The third-order valence-corrected chi connectivity index (χ3v) is 4.57. The Bertz CT molecular complexity index is 696. The number of carbonyl (C=O) groups is 2. The lowest BCUT2D eigenvalue weighted by Crippen LogP contribution is -2.13. The van der Waals surface area contributed by atoms with Gasteiger partial charge in [-0.05, 0) is 43.0 Å². The molecule has 1 aromatic carbocycles. The number of esters is 1. The number of ether oxygens (including phenoxy) is 2. The maximum atomic E-state index is 12.6. The predicted octanol–water partition coefficient (Wildman–Crippen LogP) is 3.55. The molecule has 134 valence electrons. The van der Waals surface area contributed by atoms with Crippen molar-refractivity contribution in [2.24, 2.45) is 11.8 Å². The molecule has 1 aromatic rings. The van der Waals surface area contributed by atoms with Gasteiger partial charge in [-0.25, -0.2) is 0 Å². The molecule has 2 aliphatic rings. The molecule has 25 heavy (non-hydrogen) atoms. The number of ketones is 1. The molecule has 1 saturated heterocycles. The fraction of sp³-hybridized carbons (Fsp3) is 0.444. The molecule has 2 fully saturated rings. The van der Waals surface area contributed by atoms with Gasteiger partial charge in [0.15, 0.2) is 12.4 Å². The van der Waals surface area contributed by atoms with Crippen LogP contribution in [0.5, 0.6) is 5.75 Å². The molecule has 0 spiro atoms. The zero-order chi connectivity index (χ0) is 18.0. The second kappa shape index (κ2) is 6.90. The van der Waals surface area contributed by atoms with Gasteiger partial charge in [-0.1, -0.05) is 12.1 Å². The van der Waals surface area contributed by atoms with E-state index in [4.69, 9.17) is 9.47 Å². The van der Waals surface area contributed by atoms with Crippen molar-refractivity contribution in [3.05, 3.63) is 42.0 Å². The molecule has 0 unspecified atom stereocenters. The van der Waals surface area contributed by atoms with E-state index in [1.54, 1.807) is 6.08 Å². The minimum Gasteiger partial charge on any atom is -0.485 e. The van der Waals surface area contributed by atoms with E-state index < -0.39 is 11.7 Å². The highest BCUT2D eigenvalue weighted by Gasteiger charge is 2.43. The molecule has 1 saturated carbocycles. The first-order valence-electron chi connectivity index (χ1n) is 8.03. The lowest BCUT2D eigenvalue weighted by molar-refractivity contribution is -0.141. The number of hydrogen-bond donors (Lipinski definition) is 0. The molecule has 7 heteroatoms. The SMILES string of the molecule is O=C(C=C[C@H]1CC[C@@H]2OC(=O)C[C@@H]21)COc1cccc(C(F)(F)F)c1. The van der Waals surface area contributed by atoms with Crippen LogP contribution in [0.1, 0.15) is 24.8 Å². The summed E-state index contributed by atoms with van der Waals surface area (Å²) in [5.74, 6) is -0.333. The molecule has 3 atom stereocenters.